The first-order valence-electron chi connectivity index (χ1n) is 8.35. The van der Waals surface area contributed by atoms with Crippen molar-refractivity contribution in [3.63, 3.8) is 0 Å². The Morgan fingerprint density at radius 1 is 1.21 bits per heavy atom. The van der Waals surface area contributed by atoms with E-state index in [1.807, 2.05) is 4.57 Å². The lowest BCUT2D eigenvalue weighted by Crippen LogP contribution is -2.17. The summed E-state index contributed by atoms with van der Waals surface area (Å²) < 4.78 is 54.2. The molecular formula is C17H15F3IN5O2. The Bertz CT molecular complexity index is 998. The van der Waals surface area contributed by atoms with Gasteiger partial charge in [0.1, 0.15) is 27.6 Å². The first kappa shape index (κ1) is 19.2. The van der Waals surface area contributed by atoms with Gasteiger partial charge in [0.25, 0.3) is 5.82 Å². The number of hydrogen-bond donors (Lipinski definition) is 0. The normalized spacial score (nSPS) is 14.2. The predicted octanol–water partition coefficient (Wildman–Crippen LogP) is 3.35. The van der Waals surface area contributed by atoms with E-state index in [4.69, 9.17) is 9.47 Å². The van der Waals surface area contributed by atoms with E-state index >= 15 is 0 Å². The van der Waals surface area contributed by atoms with Gasteiger partial charge in [-0.2, -0.15) is 13.2 Å². The number of imidazole rings is 1. The van der Waals surface area contributed by atoms with Crippen molar-refractivity contribution < 1.29 is 22.6 Å². The minimum atomic E-state index is -4.65. The molecule has 0 saturated carbocycles. The highest BCUT2D eigenvalue weighted by Gasteiger charge is 2.38. The van der Waals surface area contributed by atoms with Gasteiger partial charge in [0.05, 0.1) is 20.3 Å². The maximum absolute atomic E-state index is 13.3. The van der Waals surface area contributed by atoms with E-state index in [9.17, 15) is 13.2 Å². The van der Waals surface area contributed by atoms with E-state index in [1.54, 1.807) is 31.4 Å². The molecule has 0 bridgehead atoms. The molecule has 3 heterocycles. The number of benzene rings is 1. The summed E-state index contributed by atoms with van der Waals surface area (Å²) >= 11 is 2.08. The largest absolute Gasteiger partial charge is 0.497 e. The number of methoxy groups -OCH3 is 1. The zero-order valence-corrected chi connectivity index (χ0v) is 16.9. The highest BCUT2D eigenvalue weighted by Crippen LogP contribution is 2.31. The third-order valence-electron chi connectivity index (χ3n) is 4.30. The van der Waals surface area contributed by atoms with E-state index in [0.717, 1.165) is 5.56 Å². The average molecular weight is 505 g/mol. The molecule has 0 fully saturated rings. The van der Waals surface area contributed by atoms with Gasteiger partial charge in [-0.3, -0.25) is 0 Å². The summed E-state index contributed by atoms with van der Waals surface area (Å²) in [6, 6.07) is 7.03. The van der Waals surface area contributed by atoms with Crippen molar-refractivity contribution in [1.82, 2.24) is 24.3 Å². The van der Waals surface area contributed by atoms with Gasteiger partial charge in [-0.05, 0) is 40.3 Å². The molecule has 11 heteroatoms. The van der Waals surface area contributed by atoms with Gasteiger partial charge in [0.2, 0.25) is 0 Å². The summed E-state index contributed by atoms with van der Waals surface area (Å²) in [5, 5.41) is 3.71. The SMILES string of the molecule is COc1ccc(Cn2nc(C(F)(F)F)nc2-c2nc3n(c2I)CCOC3)cc1. The van der Waals surface area contributed by atoms with Crippen molar-refractivity contribution in [3.8, 4) is 17.3 Å². The Morgan fingerprint density at radius 3 is 2.61 bits per heavy atom. The molecule has 3 aromatic rings. The molecule has 0 unspecified atom stereocenters. The Morgan fingerprint density at radius 2 is 1.96 bits per heavy atom. The minimum Gasteiger partial charge on any atom is -0.497 e. The molecule has 1 aromatic carbocycles. The second kappa shape index (κ2) is 7.35. The molecule has 0 aliphatic carbocycles. The molecule has 7 nitrogen and oxygen atoms in total. The van der Waals surface area contributed by atoms with Crippen molar-refractivity contribution in [1.29, 1.82) is 0 Å². The highest BCUT2D eigenvalue weighted by atomic mass is 127. The second-order valence-corrected chi connectivity index (χ2v) is 7.16. The predicted molar refractivity (Wildman–Crippen MR) is 101 cm³/mol. The smallest absolute Gasteiger partial charge is 0.453 e. The molecule has 0 spiro atoms. The lowest BCUT2D eigenvalue weighted by molar-refractivity contribution is -0.144. The van der Waals surface area contributed by atoms with E-state index in [-0.39, 0.29) is 12.4 Å². The van der Waals surface area contributed by atoms with Crippen molar-refractivity contribution in [2.75, 3.05) is 13.7 Å². The fraction of sp³-hybridized carbons (Fsp3) is 0.353. The number of fused-ring (bicyclic) bond motifs is 1. The topological polar surface area (TPSA) is 67.0 Å². The molecule has 0 radical (unpaired) electrons. The Balaban J connectivity index is 1.77. The quantitative estimate of drug-likeness (QED) is 0.509. The zero-order chi connectivity index (χ0) is 19.9. The summed E-state index contributed by atoms with van der Waals surface area (Å²) in [4.78, 5) is 8.23. The first-order chi connectivity index (χ1) is 13.4. The van der Waals surface area contributed by atoms with Gasteiger partial charge in [0.15, 0.2) is 5.82 Å². The van der Waals surface area contributed by atoms with Crippen LogP contribution < -0.4 is 4.74 Å². The van der Waals surface area contributed by atoms with Crippen molar-refractivity contribution >= 4 is 22.6 Å². The molecule has 0 N–H and O–H groups in total. The van der Waals surface area contributed by atoms with Crippen molar-refractivity contribution in [2.24, 2.45) is 0 Å². The Labute approximate surface area is 171 Å². The van der Waals surface area contributed by atoms with E-state index < -0.39 is 12.0 Å². The van der Waals surface area contributed by atoms with Gasteiger partial charge in [-0.15, -0.1) is 5.10 Å². The minimum absolute atomic E-state index is 0.0782. The molecule has 1 aliphatic rings. The number of aromatic nitrogens is 5. The summed E-state index contributed by atoms with van der Waals surface area (Å²) in [6.07, 6.45) is -4.65. The van der Waals surface area contributed by atoms with Crippen LogP contribution in [-0.4, -0.2) is 38.0 Å². The Kier molecular flexibility index (Phi) is 5.04. The molecule has 2 aromatic heterocycles. The van der Waals surface area contributed by atoms with Crippen LogP contribution in [0.1, 0.15) is 17.2 Å². The molecule has 0 amide bonds. The molecule has 0 atom stereocenters. The first-order valence-corrected chi connectivity index (χ1v) is 9.42. The van der Waals surface area contributed by atoms with Crippen LogP contribution in [0.5, 0.6) is 5.75 Å². The van der Waals surface area contributed by atoms with E-state index in [1.165, 1.54) is 4.68 Å². The summed E-state index contributed by atoms with van der Waals surface area (Å²) in [5.74, 6) is 0.219. The van der Waals surface area contributed by atoms with E-state index in [0.29, 0.717) is 40.7 Å². The summed E-state index contributed by atoms with van der Waals surface area (Å²) in [6.45, 7) is 1.57. The number of hydrogen-bond acceptors (Lipinski definition) is 5. The van der Waals surface area contributed by atoms with Crippen LogP contribution in [-0.2, 0) is 30.6 Å². The number of rotatable bonds is 4. The van der Waals surface area contributed by atoms with E-state index in [2.05, 4.69) is 37.7 Å². The fourth-order valence-corrected chi connectivity index (χ4v) is 3.81. The second-order valence-electron chi connectivity index (χ2n) is 6.13. The lowest BCUT2D eigenvalue weighted by Gasteiger charge is -2.14. The average Bonchev–Trinajstić information content (AvgIpc) is 3.24. The fourth-order valence-electron chi connectivity index (χ4n) is 2.93. The standard InChI is InChI=1S/C17H15F3IN5O2/c1-27-11-4-2-10(3-5-11)8-26-15(23-16(24-26)17(18,19)20)13-14(21)25-6-7-28-9-12(25)22-13/h2-5H,6-9H2,1H3. The van der Waals surface area contributed by atoms with Gasteiger partial charge in [0, 0.05) is 6.54 Å². The van der Waals surface area contributed by atoms with Crippen molar-refractivity contribution in [3.05, 3.63) is 45.2 Å². The van der Waals surface area contributed by atoms with Gasteiger partial charge in [-0.1, -0.05) is 12.1 Å². The van der Waals surface area contributed by atoms with Crippen LogP contribution in [0.2, 0.25) is 0 Å². The zero-order valence-electron chi connectivity index (χ0n) is 14.7. The van der Waals surface area contributed by atoms with Gasteiger partial charge in [-0.25, -0.2) is 14.6 Å². The van der Waals surface area contributed by atoms with Crippen LogP contribution in [0.3, 0.4) is 0 Å². The molecule has 148 valence electrons. The monoisotopic (exact) mass is 505 g/mol. The van der Waals surface area contributed by atoms with Gasteiger partial charge >= 0.3 is 6.18 Å². The number of halogens is 4. The van der Waals surface area contributed by atoms with Crippen LogP contribution >= 0.6 is 22.6 Å². The van der Waals surface area contributed by atoms with Crippen molar-refractivity contribution in [2.45, 2.75) is 25.9 Å². The number of ether oxygens (including phenoxy) is 2. The Hall–Kier alpha value is -2.15. The van der Waals surface area contributed by atoms with Crippen LogP contribution in [0.25, 0.3) is 11.5 Å². The molecule has 28 heavy (non-hydrogen) atoms. The van der Waals surface area contributed by atoms with Crippen LogP contribution in [0.15, 0.2) is 24.3 Å². The highest BCUT2D eigenvalue weighted by molar-refractivity contribution is 14.1. The summed E-state index contributed by atoms with van der Waals surface area (Å²) in [5.41, 5.74) is 1.14. The molecule has 1 aliphatic heterocycles. The third kappa shape index (κ3) is 3.60. The summed E-state index contributed by atoms with van der Waals surface area (Å²) in [7, 11) is 1.55. The molecule has 0 saturated heterocycles. The number of alkyl halides is 3. The maximum Gasteiger partial charge on any atom is 0.453 e. The van der Waals surface area contributed by atoms with Gasteiger partial charge < -0.3 is 14.0 Å². The van der Waals surface area contributed by atoms with Crippen LogP contribution in [0.4, 0.5) is 13.2 Å². The molecule has 4 rings (SSSR count). The number of nitrogens with zero attached hydrogens (tertiary/aromatic N) is 5. The maximum atomic E-state index is 13.3. The molecular weight excluding hydrogens is 490 g/mol. The van der Waals surface area contributed by atoms with Crippen LogP contribution in [0, 0.1) is 3.70 Å². The lowest BCUT2D eigenvalue weighted by atomic mass is 10.2. The third-order valence-corrected chi connectivity index (χ3v) is 5.40.